The first-order valence-corrected chi connectivity index (χ1v) is 9.16. The minimum Gasteiger partial charge on any atom is -0.338 e. The number of amides is 2. The van der Waals surface area contributed by atoms with E-state index in [-0.39, 0.29) is 17.9 Å². The van der Waals surface area contributed by atoms with Crippen molar-refractivity contribution in [3.8, 4) is 0 Å². The average molecular weight is 336 g/mol. The molecule has 2 saturated heterocycles. The summed E-state index contributed by atoms with van der Waals surface area (Å²) >= 11 is 1.45. The molecule has 0 spiro atoms. The SMILES string of the molecule is CC(=O)N1CCCC1C1CCCN1CC(=O)Nc1nc(C)cs1. The van der Waals surface area contributed by atoms with Gasteiger partial charge in [-0.25, -0.2) is 4.98 Å². The van der Waals surface area contributed by atoms with Crippen molar-refractivity contribution in [1.29, 1.82) is 0 Å². The molecule has 3 rings (SSSR count). The van der Waals surface area contributed by atoms with Gasteiger partial charge in [0.05, 0.1) is 12.2 Å². The summed E-state index contributed by atoms with van der Waals surface area (Å²) in [6.07, 6.45) is 4.28. The van der Waals surface area contributed by atoms with Gasteiger partial charge in [-0.05, 0) is 39.2 Å². The normalized spacial score (nSPS) is 25.0. The van der Waals surface area contributed by atoms with Crippen molar-refractivity contribution < 1.29 is 9.59 Å². The zero-order chi connectivity index (χ0) is 16.4. The third kappa shape index (κ3) is 3.72. The fourth-order valence-corrected chi connectivity index (χ4v) is 4.53. The lowest BCUT2D eigenvalue weighted by molar-refractivity contribution is -0.130. The molecule has 1 N–H and O–H groups in total. The number of thiazole rings is 1. The maximum absolute atomic E-state index is 12.3. The summed E-state index contributed by atoms with van der Waals surface area (Å²) in [5.74, 6) is 0.140. The smallest absolute Gasteiger partial charge is 0.240 e. The quantitative estimate of drug-likeness (QED) is 0.911. The fourth-order valence-electron chi connectivity index (χ4n) is 3.82. The lowest BCUT2D eigenvalue weighted by atomic mass is 10.0. The van der Waals surface area contributed by atoms with Crippen LogP contribution in [0.2, 0.25) is 0 Å². The number of nitrogens with zero attached hydrogens (tertiary/aromatic N) is 3. The van der Waals surface area contributed by atoms with Crippen LogP contribution in [-0.4, -0.2) is 58.3 Å². The van der Waals surface area contributed by atoms with E-state index < -0.39 is 0 Å². The van der Waals surface area contributed by atoms with Crippen LogP contribution in [0.1, 0.15) is 38.3 Å². The van der Waals surface area contributed by atoms with E-state index in [1.54, 1.807) is 6.92 Å². The van der Waals surface area contributed by atoms with Gasteiger partial charge in [-0.3, -0.25) is 14.5 Å². The maximum atomic E-state index is 12.3. The maximum Gasteiger partial charge on any atom is 0.240 e. The molecule has 126 valence electrons. The van der Waals surface area contributed by atoms with E-state index >= 15 is 0 Å². The highest BCUT2D eigenvalue weighted by molar-refractivity contribution is 7.13. The summed E-state index contributed by atoms with van der Waals surface area (Å²) in [6.45, 7) is 5.73. The minimum atomic E-state index is -0.0152. The summed E-state index contributed by atoms with van der Waals surface area (Å²) in [4.78, 5) is 32.6. The van der Waals surface area contributed by atoms with Gasteiger partial charge < -0.3 is 10.2 Å². The second-order valence-corrected chi connectivity index (χ2v) is 7.30. The molecule has 2 atom stereocenters. The third-order valence-electron chi connectivity index (χ3n) is 4.77. The molecular weight excluding hydrogens is 312 g/mol. The van der Waals surface area contributed by atoms with Gasteiger partial charge in [0, 0.05) is 30.9 Å². The Balaban J connectivity index is 1.60. The van der Waals surface area contributed by atoms with Crippen LogP contribution >= 0.6 is 11.3 Å². The van der Waals surface area contributed by atoms with Gasteiger partial charge >= 0.3 is 0 Å². The number of nitrogens with one attached hydrogen (secondary N) is 1. The van der Waals surface area contributed by atoms with E-state index in [2.05, 4.69) is 15.2 Å². The van der Waals surface area contributed by atoms with Crippen molar-refractivity contribution >= 4 is 28.3 Å². The molecule has 2 fully saturated rings. The van der Waals surface area contributed by atoms with Gasteiger partial charge in [0.2, 0.25) is 11.8 Å². The van der Waals surface area contributed by atoms with Crippen LogP contribution in [0.4, 0.5) is 5.13 Å². The molecule has 0 aromatic carbocycles. The van der Waals surface area contributed by atoms with Crippen molar-refractivity contribution in [2.45, 2.75) is 51.6 Å². The van der Waals surface area contributed by atoms with Gasteiger partial charge in [0.25, 0.3) is 0 Å². The van der Waals surface area contributed by atoms with Crippen molar-refractivity contribution in [2.75, 3.05) is 25.0 Å². The molecule has 1 aromatic rings. The molecule has 2 amide bonds. The molecule has 1 aromatic heterocycles. The number of aryl methyl sites for hydroxylation is 1. The molecule has 0 saturated carbocycles. The second kappa shape index (κ2) is 6.97. The highest BCUT2D eigenvalue weighted by Gasteiger charge is 2.39. The average Bonchev–Trinajstić information content (AvgIpc) is 3.18. The van der Waals surface area contributed by atoms with Crippen LogP contribution in [0.3, 0.4) is 0 Å². The molecule has 2 aliphatic heterocycles. The number of rotatable bonds is 4. The van der Waals surface area contributed by atoms with E-state index in [0.717, 1.165) is 44.5 Å². The lowest BCUT2D eigenvalue weighted by Crippen LogP contribution is -2.49. The Labute approximate surface area is 140 Å². The number of aromatic nitrogens is 1. The first kappa shape index (κ1) is 16.4. The summed E-state index contributed by atoms with van der Waals surface area (Å²) in [6, 6.07) is 0.579. The molecule has 0 bridgehead atoms. The van der Waals surface area contributed by atoms with Crippen molar-refractivity contribution in [3.63, 3.8) is 0 Å². The number of carbonyl (C=O) groups excluding carboxylic acids is 2. The molecule has 23 heavy (non-hydrogen) atoms. The third-order valence-corrected chi connectivity index (χ3v) is 5.65. The minimum absolute atomic E-state index is 0.0152. The summed E-state index contributed by atoms with van der Waals surface area (Å²) < 4.78 is 0. The second-order valence-electron chi connectivity index (χ2n) is 6.44. The van der Waals surface area contributed by atoms with Crippen LogP contribution in [0.5, 0.6) is 0 Å². The summed E-state index contributed by atoms with van der Waals surface area (Å²) in [7, 11) is 0. The van der Waals surface area contributed by atoms with Crippen molar-refractivity contribution in [3.05, 3.63) is 11.1 Å². The Kier molecular flexibility index (Phi) is 4.96. The topological polar surface area (TPSA) is 65.5 Å². The number of hydrogen-bond acceptors (Lipinski definition) is 5. The molecule has 3 heterocycles. The Morgan fingerprint density at radius 2 is 2.04 bits per heavy atom. The fraction of sp³-hybridized carbons (Fsp3) is 0.688. The lowest BCUT2D eigenvalue weighted by Gasteiger charge is -2.34. The molecule has 6 nitrogen and oxygen atoms in total. The highest BCUT2D eigenvalue weighted by Crippen LogP contribution is 2.30. The van der Waals surface area contributed by atoms with Gasteiger partial charge in [-0.1, -0.05) is 0 Å². The molecule has 0 radical (unpaired) electrons. The molecule has 0 aliphatic carbocycles. The molecule has 7 heteroatoms. The summed E-state index contributed by atoms with van der Waals surface area (Å²) in [5, 5.41) is 5.47. The Hall–Kier alpha value is -1.47. The predicted octanol–water partition coefficient (Wildman–Crippen LogP) is 1.87. The first-order valence-electron chi connectivity index (χ1n) is 8.28. The Bertz CT molecular complexity index is 588. The van der Waals surface area contributed by atoms with Gasteiger partial charge in [0.15, 0.2) is 5.13 Å². The molecule has 2 aliphatic rings. The van der Waals surface area contributed by atoms with E-state index in [0.29, 0.717) is 17.7 Å². The van der Waals surface area contributed by atoms with E-state index in [1.165, 1.54) is 11.3 Å². The predicted molar refractivity (Wildman–Crippen MR) is 90.5 cm³/mol. The molecule has 2 unspecified atom stereocenters. The number of carbonyl (C=O) groups is 2. The zero-order valence-electron chi connectivity index (χ0n) is 13.7. The van der Waals surface area contributed by atoms with Gasteiger partial charge in [-0.15, -0.1) is 11.3 Å². The van der Waals surface area contributed by atoms with Crippen molar-refractivity contribution in [2.24, 2.45) is 0 Å². The van der Waals surface area contributed by atoms with E-state index in [4.69, 9.17) is 0 Å². The Morgan fingerprint density at radius 3 is 2.74 bits per heavy atom. The van der Waals surface area contributed by atoms with Crippen LogP contribution in [0.25, 0.3) is 0 Å². The summed E-state index contributed by atoms with van der Waals surface area (Å²) in [5.41, 5.74) is 0.924. The van der Waals surface area contributed by atoms with Crippen LogP contribution < -0.4 is 5.32 Å². The van der Waals surface area contributed by atoms with Crippen LogP contribution in [-0.2, 0) is 9.59 Å². The largest absolute Gasteiger partial charge is 0.338 e. The van der Waals surface area contributed by atoms with Crippen LogP contribution in [0, 0.1) is 6.92 Å². The highest BCUT2D eigenvalue weighted by atomic mass is 32.1. The van der Waals surface area contributed by atoms with Crippen molar-refractivity contribution in [1.82, 2.24) is 14.8 Å². The zero-order valence-corrected chi connectivity index (χ0v) is 14.6. The van der Waals surface area contributed by atoms with E-state index in [9.17, 15) is 9.59 Å². The Morgan fingerprint density at radius 1 is 1.30 bits per heavy atom. The number of likely N-dealkylation sites (tertiary alicyclic amines) is 2. The monoisotopic (exact) mass is 336 g/mol. The van der Waals surface area contributed by atoms with Crippen LogP contribution in [0.15, 0.2) is 5.38 Å². The van der Waals surface area contributed by atoms with Gasteiger partial charge in [-0.2, -0.15) is 0 Å². The first-order chi connectivity index (χ1) is 11.0. The van der Waals surface area contributed by atoms with Gasteiger partial charge in [0.1, 0.15) is 0 Å². The molecular formula is C16H24N4O2S. The van der Waals surface area contributed by atoms with E-state index in [1.807, 2.05) is 17.2 Å². The number of hydrogen-bond donors (Lipinski definition) is 1. The standard InChI is InChI=1S/C16H24N4O2S/c1-11-10-23-16(17-11)18-15(22)9-19-7-3-5-13(19)14-6-4-8-20(14)12(2)21/h10,13-14H,3-9H2,1-2H3,(H,17,18,22). The number of anilines is 1.